The number of nitrogen functional groups attached to an aromatic ring is 1. The quantitative estimate of drug-likeness (QED) is 0.827. The van der Waals surface area contributed by atoms with Crippen molar-refractivity contribution in [3.05, 3.63) is 24.0 Å². The van der Waals surface area contributed by atoms with E-state index in [1.165, 1.54) is 0 Å². The number of hydrogen-bond donors (Lipinski definition) is 1. The molecule has 2 N–H and O–H groups in total. The molecule has 1 saturated heterocycles. The zero-order valence-electron chi connectivity index (χ0n) is 9.93. The fraction of sp³-hybridized carbons (Fsp3) is 0.500. The van der Waals surface area contributed by atoms with Crippen LogP contribution in [0, 0.1) is 0 Å². The average Bonchev–Trinajstić information content (AvgIpc) is 2.38. The van der Waals surface area contributed by atoms with Crippen molar-refractivity contribution in [1.29, 1.82) is 0 Å². The van der Waals surface area contributed by atoms with Gasteiger partial charge in [0.05, 0.1) is 6.10 Å². The number of carbonyl (C=O) groups excluding carboxylic acids is 1. The van der Waals surface area contributed by atoms with E-state index in [-0.39, 0.29) is 12.0 Å². The van der Waals surface area contributed by atoms with Crippen LogP contribution in [0.15, 0.2) is 18.3 Å². The summed E-state index contributed by atoms with van der Waals surface area (Å²) in [6, 6.07) is 3.28. The van der Waals surface area contributed by atoms with Gasteiger partial charge < -0.3 is 15.4 Å². The zero-order valence-corrected chi connectivity index (χ0v) is 9.93. The standard InChI is InChI=1S/C12H17N3O2/c1-17-10-3-2-6-15(8-10)12(16)11-7-9(13)4-5-14-11/h4-5,7,10H,2-3,6,8H2,1H3,(H2,13,14). The molecule has 1 aromatic rings. The highest BCUT2D eigenvalue weighted by molar-refractivity contribution is 5.93. The van der Waals surface area contributed by atoms with Crippen molar-refractivity contribution < 1.29 is 9.53 Å². The molecule has 5 heteroatoms. The molecule has 1 aliphatic rings. The molecule has 0 spiro atoms. The Labute approximate surface area is 101 Å². The summed E-state index contributed by atoms with van der Waals surface area (Å²) < 4.78 is 5.29. The molecule has 0 aromatic carbocycles. The van der Waals surface area contributed by atoms with Crippen molar-refractivity contribution in [3.8, 4) is 0 Å². The predicted molar refractivity (Wildman–Crippen MR) is 64.6 cm³/mol. The molecule has 92 valence electrons. The van der Waals surface area contributed by atoms with Crippen molar-refractivity contribution in [1.82, 2.24) is 9.88 Å². The monoisotopic (exact) mass is 235 g/mol. The summed E-state index contributed by atoms with van der Waals surface area (Å²) in [6.45, 7) is 1.39. The number of piperidine rings is 1. The minimum Gasteiger partial charge on any atom is -0.399 e. The molecule has 1 aromatic heterocycles. The summed E-state index contributed by atoms with van der Waals surface area (Å²) in [5, 5.41) is 0. The van der Waals surface area contributed by atoms with E-state index in [2.05, 4.69) is 4.98 Å². The van der Waals surface area contributed by atoms with E-state index in [9.17, 15) is 4.79 Å². The fourth-order valence-electron chi connectivity index (χ4n) is 2.04. The van der Waals surface area contributed by atoms with Gasteiger partial charge in [0.1, 0.15) is 5.69 Å². The zero-order chi connectivity index (χ0) is 12.3. The first-order chi connectivity index (χ1) is 8.20. The van der Waals surface area contributed by atoms with Crippen LogP contribution < -0.4 is 5.73 Å². The predicted octanol–water partition coefficient (Wildman–Crippen LogP) is 0.915. The van der Waals surface area contributed by atoms with Crippen LogP contribution >= 0.6 is 0 Å². The Hall–Kier alpha value is -1.62. The van der Waals surface area contributed by atoms with Crippen LogP contribution in [-0.2, 0) is 4.74 Å². The molecule has 0 saturated carbocycles. The van der Waals surface area contributed by atoms with Crippen LogP contribution in [0.5, 0.6) is 0 Å². The normalized spacial score (nSPS) is 20.3. The molecular weight excluding hydrogens is 218 g/mol. The number of pyridine rings is 1. The molecule has 2 rings (SSSR count). The highest BCUT2D eigenvalue weighted by Gasteiger charge is 2.24. The van der Waals surface area contributed by atoms with E-state index in [0.717, 1.165) is 19.4 Å². The first-order valence-corrected chi connectivity index (χ1v) is 5.74. The third-order valence-electron chi connectivity index (χ3n) is 3.00. The van der Waals surface area contributed by atoms with Gasteiger partial charge >= 0.3 is 0 Å². The molecule has 2 heterocycles. The van der Waals surface area contributed by atoms with Crippen molar-refractivity contribution in [3.63, 3.8) is 0 Å². The highest BCUT2D eigenvalue weighted by Crippen LogP contribution is 2.15. The second-order valence-corrected chi connectivity index (χ2v) is 4.23. The maximum absolute atomic E-state index is 12.2. The Morgan fingerprint density at radius 1 is 1.65 bits per heavy atom. The molecule has 1 amide bonds. The average molecular weight is 235 g/mol. The number of carbonyl (C=O) groups is 1. The molecule has 0 aliphatic carbocycles. The van der Waals surface area contributed by atoms with Gasteiger partial charge in [-0.3, -0.25) is 9.78 Å². The Morgan fingerprint density at radius 3 is 3.18 bits per heavy atom. The van der Waals surface area contributed by atoms with Gasteiger partial charge in [0, 0.05) is 32.1 Å². The summed E-state index contributed by atoms with van der Waals surface area (Å²) in [5.41, 5.74) is 6.61. The lowest BCUT2D eigenvalue weighted by Gasteiger charge is -2.31. The smallest absolute Gasteiger partial charge is 0.272 e. The Morgan fingerprint density at radius 2 is 2.47 bits per heavy atom. The number of nitrogens with zero attached hydrogens (tertiary/aromatic N) is 2. The van der Waals surface area contributed by atoms with Crippen LogP contribution in [0.25, 0.3) is 0 Å². The lowest BCUT2D eigenvalue weighted by Crippen LogP contribution is -2.43. The molecule has 0 radical (unpaired) electrons. The topological polar surface area (TPSA) is 68.5 Å². The molecular formula is C12H17N3O2. The van der Waals surface area contributed by atoms with Crippen LogP contribution in [0.2, 0.25) is 0 Å². The van der Waals surface area contributed by atoms with Crippen LogP contribution in [-0.4, -0.2) is 42.1 Å². The number of nitrogens with two attached hydrogens (primary N) is 1. The summed E-state index contributed by atoms with van der Waals surface area (Å²) in [5.74, 6) is -0.0703. The van der Waals surface area contributed by atoms with Gasteiger partial charge in [-0.25, -0.2) is 0 Å². The van der Waals surface area contributed by atoms with Crippen LogP contribution in [0.3, 0.4) is 0 Å². The minimum absolute atomic E-state index is 0.0703. The molecule has 1 fully saturated rings. The third-order valence-corrected chi connectivity index (χ3v) is 3.00. The summed E-state index contributed by atoms with van der Waals surface area (Å²) in [4.78, 5) is 18.0. The molecule has 1 atom stereocenters. The van der Waals surface area contributed by atoms with Gasteiger partial charge in [-0.1, -0.05) is 0 Å². The SMILES string of the molecule is COC1CCCN(C(=O)c2cc(N)ccn2)C1. The Balaban J connectivity index is 2.09. The third kappa shape index (κ3) is 2.74. The number of ether oxygens (including phenoxy) is 1. The summed E-state index contributed by atoms with van der Waals surface area (Å²) in [6.07, 6.45) is 3.66. The molecule has 17 heavy (non-hydrogen) atoms. The first kappa shape index (κ1) is 11.9. The maximum Gasteiger partial charge on any atom is 0.272 e. The molecule has 0 bridgehead atoms. The second-order valence-electron chi connectivity index (χ2n) is 4.23. The summed E-state index contributed by atoms with van der Waals surface area (Å²) in [7, 11) is 1.68. The summed E-state index contributed by atoms with van der Waals surface area (Å²) >= 11 is 0. The number of aromatic nitrogens is 1. The maximum atomic E-state index is 12.2. The molecule has 1 aliphatic heterocycles. The van der Waals surface area contributed by atoms with Gasteiger partial charge in [0.15, 0.2) is 0 Å². The number of anilines is 1. The minimum atomic E-state index is -0.0703. The lowest BCUT2D eigenvalue weighted by atomic mass is 10.1. The number of amides is 1. The van der Waals surface area contributed by atoms with Crippen LogP contribution in [0.4, 0.5) is 5.69 Å². The van der Waals surface area contributed by atoms with Gasteiger partial charge in [-0.05, 0) is 25.0 Å². The van der Waals surface area contributed by atoms with Crippen molar-refractivity contribution in [2.75, 3.05) is 25.9 Å². The van der Waals surface area contributed by atoms with E-state index in [0.29, 0.717) is 17.9 Å². The highest BCUT2D eigenvalue weighted by atomic mass is 16.5. The Bertz CT molecular complexity index is 408. The van der Waals surface area contributed by atoms with E-state index in [4.69, 9.17) is 10.5 Å². The van der Waals surface area contributed by atoms with Crippen molar-refractivity contribution in [2.24, 2.45) is 0 Å². The molecule has 1 unspecified atom stereocenters. The van der Waals surface area contributed by atoms with Gasteiger partial charge in [0.25, 0.3) is 5.91 Å². The van der Waals surface area contributed by atoms with E-state index < -0.39 is 0 Å². The van der Waals surface area contributed by atoms with Crippen LogP contribution in [0.1, 0.15) is 23.3 Å². The Kier molecular flexibility index (Phi) is 3.58. The van der Waals surface area contributed by atoms with Crippen molar-refractivity contribution >= 4 is 11.6 Å². The van der Waals surface area contributed by atoms with E-state index >= 15 is 0 Å². The number of rotatable bonds is 2. The first-order valence-electron chi connectivity index (χ1n) is 5.74. The largest absolute Gasteiger partial charge is 0.399 e. The number of likely N-dealkylation sites (tertiary alicyclic amines) is 1. The van der Waals surface area contributed by atoms with Gasteiger partial charge in [0.2, 0.25) is 0 Å². The van der Waals surface area contributed by atoms with Gasteiger partial charge in [-0.15, -0.1) is 0 Å². The fourth-order valence-corrected chi connectivity index (χ4v) is 2.04. The number of methoxy groups -OCH3 is 1. The van der Waals surface area contributed by atoms with E-state index in [1.54, 1.807) is 30.3 Å². The van der Waals surface area contributed by atoms with Gasteiger partial charge in [-0.2, -0.15) is 0 Å². The van der Waals surface area contributed by atoms with E-state index in [1.807, 2.05) is 0 Å². The molecule has 5 nitrogen and oxygen atoms in total. The van der Waals surface area contributed by atoms with Crippen molar-refractivity contribution in [2.45, 2.75) is 18.9 Å². The second kappa shape index (κ2) is 5.14. The number of hydrogen-bond acceptors (Lipinski definition) is 4. The lowest BCUT2D eigenvalue weighted by molar-refractivity contribution is 0.0266.